The molecule has 2 rings (SSSR count). The number of aromatic nitrogens is 3. The molecular formula is C6H3BClN3. The van der Waals surface area contributed by atoms with Gasteiger partial charge in [-0.25, -0.2) is 4.98 Å². The van der Waals surface area contributed by atoms with E-state index in [1.165, 1.54) is 0 Å². The zero-order valence-corrected chi connectivity index (χ0v) is 6.26. The van der Waals surface area contributed by atoms with Gasteiger partial charge >= 0.3 is 0 Å². The third-order valence-corrected chi connectivity index (χ3v) is 1.74. The summed E-state index contributed by atoms with van der Waals surface area (Å²) in [5, 5.41) is 7.60. The summed E-state index contributed by atoms with van der Waals surface area (Å²) in [7, 11) is 5.53. The molecule has 1 N–H and O–H groups in total. The van der Waals surface area contributed by atoms with Crippen molar-refractivity contribution in [3.63, 3.8) is 0 Å². The molecule has 0 aliphatic rings. The molecule has 3 nitrogen and oxygen atoms in total. The van der Waals surface area contributed by atoms with Gasteiger partial charge in [0.15, 0.2) is 0 Å². The summed E-state index contributed by atoms with van der Waals surface area (Å²) in [6, 6.07) is 1.74. The third-order valence-electron chi connectivity index (χ3n) is 1.45. The minimum Gasteiger partial charge on any atom is -0.292 e. The lowest BCUT2D eigenvalue weighted by molar-refractivity contribution is 1.14. The Morgan fingerprint density at radius 3 is 3.09 bits per heavy atom. The first-order valence-electron chi connectivity index (χ1n) is 3.03. The van der Waals surface area contributed by atoms with Crippen molar-refractivity contribution >= 4 is 35.9 Å². The number of nitrogens with one attached hydrogen (secondary N) is 1. The molecule has 5 heteroatoms. The zero-order chi connectivity index (χ0) is 7.84. The van der Waals surface area contributed by atoms with E-state index in [1.54, 1.807) is 12.3 Å². The highest BCUT2D eigenvalue weighted by molar-refractivity contribution is 6.43. The SMILES string of the molecule is [B]c1[nH]nc2ccnc(Cl)c12. The van der Waals surface area contributed by atoms with Gasteiger partial charge in [0.05, 0.1) is 5.52 Å². The van der Waals surface area contributed by atoms with E-state index in [0.29, 0.717) is 16.1 Å². The van der Waals surface area contributed by atoms with Gasteiger partial charge in [-0.1, -0.05) is 11.6 Å². The lowest BCUT2D eigenvalue weighted by Gasteiger charge is -1.90. The summed E-state index contributed by atoms with van der Waals surface area (Å²) in [5.74, 6) is 0. The van der Waals surface area contributed by atoms with Crippen molar-refractivity contribution in [1.29, 1.82) is 0 Å². The number of hydrogen-bond donors (Lipinski definition) is 1. The summed E-state index contributed by atoms with van der Waals surface area (Å²) < 4.78 is 0. The van der Waals surface area contributed by atoms with E-state index in [2.05, 4.69) is 15.2 Å². The highest BCUT2D eigenvalue weighted by Crippen LogP contribution is 2.15. The largest absolute Gasteiger partial charge is 0.292 e. The second-order valence-electron chi connectivity index (χ2n) is 2.13. The number of nitrogens with zero attached hydrogens (tertiary/aromatic N) is 2. The number of fused-ring (bicyclic) bond motifs is 1. The van der Waals surface area contributed by atoms with Crippen molar-refractivity contribution in [1.82, 2.24) is 15.2 Å². The van der Waals surface area contributed by atoms with E-state index in [1.807, 2.05) is 0 Å². The van der Waals surface area contributed by atoms with E-state index in [0.717, 1.165) is 5.52 Å². The highest BCUT2D eigenvalue weighted by Gasteiger charge is 2.04. The molecule has 2 aromatic rings. The Morgan fingerprint density at radius 1 is 1.55 bits per heavy atom. The molecule has 2 aromatic heterocycles. The van der Waals surface area contributed by atoms with E-state index < -0.39 is 0 Å². The number of H-pyrrole nitrogens is 1. The van der Waals surface area contributed by atoms with Crippen LogP contribution in [0.1, 0.15) is 0 Å². The Hall–Kier alpha value is -1.03. The monoisotopic (exact) mass is 163 g/mol. The topological polar surface area (TPSA) is 41.6 Å². The van der Waals surface area contributed by atoms with Crippen molar-refractivity contribution in [3.8, 4) is 0 Å². The van der Waals surface area contributed by atoms with Gasteiger partial charge in [-0.15, -0.1) is 0 Å². The number of hydrogen-bond acceptors (Lipinski definition) is 2. The van der Waals surface area contributed by atoms with E-state index in [9.17, 15) is 0 Å². The van der Waals surface area contributed by atoms with Gasteiger partial charge in [0.2, 0.25) is 0 Å². The van der Waals surface area contributed by atoms with Crippen LogP contribution in [0.25, 0.3) is 10.9 Å². The number of halogens is 1. The molecule has 0 aromatic carbocycles. The Bertz CT molecular complexity index is 398. The smallest absolute Gasteiger partial charge is 0.141 e. The lowest BCUT2D eigenvalue weighted by atomic mass is 10.0. The molecule has 0 saturated heterocycles. The maximum Gasteiger partial charge on any atom is 0.141 e. The van der Waals surface area contributed by atoms with Crippen LogP contribution in [0.15, 0.2) is 12.3 Å². The second kappa shape index (κ2) is 2.24. The standard InChI is InChI=1S/C6H3BClN3/c7-5-4-3(10-11-5)1-2-9-6(4)8/h1-2H,(H,10,11). The molecule has 0 saturated carbocycles. The minimum absolute atomic E-state index is 0.383. The van der Waals surface area contributed by atoms with Crippen molar-refractivity contribution < 1.29 is 0 Å². The molecule has 2 heterocycles. The lowest BCUT2D eigenvalue weighted by Crippen LogP contribution is -2.03. The first-order chi connectivity index (χ1) is 5.29. The van der Waals surface area contributed by atoms with E-state index in [-0.39, 0.29) is 0 Å². The summed E-state index contributed by atoms with van der Waals surface area (Å²) in [6.45, 7) is 0. The summed E-state index contributed by atoms with van der Waals surface area (Å²) >= 11 is 5.75. The average molecular weight is 163 g/mol. The first-order valence-corrected chi connectivity index (χ1v) is 3.41. The predicted molar refractivity (Wildman–Crippen MR) is 44.3 cm³/mol. The molecule has 0 fully saturated rings. The van der Waals surface area contributed by atoms with Gasteiger partial charge in [0.1, 0.15) is 13.0 Å². The van der Waals surface area contributed by atoms with Gasteiger partial charge in [-0.05, 0) is 11.7 Å². The van der Waals surface area contributed by atoms with Gasteiger partial charge < -0.3 is 0 Å². The Balaban J connectivity index is 2.96. The van der Waals surface area contributed by atoms with Crippen LogP contribution in [0, 0.1) is 0 Å². The quantitative estimate of drug-likeness (QED) is 0.451. The van der Waals surface area contributed by atoms with E-state index >= 15 is 0 Å². The fraction of sp³-hybridized carbons (Fsp3) is 0. The van der Waals surface area contributed by atoms with Crippen LogP contribution in [-0.2, 0) is 0 Å². The molecule has 2 radical (unpaired) electrons. The first kappa shape index (κ1) is 6.67. The maximum absolute atomic E-state index is 5.75. The fourth-order valence-corrected chi connectivity index (χ4v) is 1.20. The summed E-state index contributed by atoms with van der Waals surface area (Å²) in [4.78, 5) is 3.87. The summed E-state index contributed by atoms with van der Waals surface area (Å²) in [5.41, 5.74) is 1.20. The van der Waals surface area contributed by atoms with Crippen LogP contribution >= 0.6 is 11.6 Å². The van der Waals surface area contributed by atoms with Gasteiger partial charge in [-0.3, -0.25) is 5.10 Å². The van der Waals surface area contributed by atoms with Crippen molar-refractivity contribution in [2.24, 2.45) is 0 Å². The molecule has 0 aliphatic carbocycles. The molecule has 0 bridgehead atoms. The van der Waals surface area contributed by atoms with E-state index in [4.69, 9.17) is 19.4 Å². The third kappa shape index (κ3) is 0.904. The molecule has 11 heavy (non-hydrogen) atoms. The minimum atomic E-state index is 0.383. The second-order valence-corrected chi connectivity index (χ2v) is 2.49. The fourth-order valence-electron chi connectivity index (χ4n) is 0.945. The highest BCUT2D eigenvalue weighted by atomic mass is 35.5. The molecule has 0 amide bonds. The molecule has 0 unspecified atom stereocenters. The number of rotatable bonds is 0. The molecule has 0 aliphatic heterocycles. The predicted octanol–water partition coefficient (Wildman–Crippen LogP) is 0.405. The summed E-state index contributed by atoms with van der Waals surface area (Å²) in [6.07, 6.45) is 1.59. The number of pyridine rings is 1. The number of aromatic amines is 1. The molecule has 52 valence electrons. The van der Waals surface area contributed by atoms with Gasteiger partial charge in [-0.2, -0.15) is 5.10 Å². The Kier molecular flexibility index (Phi) is 1.36. The van der Waals surface area contributed by atoms with Crippen molar-refractivity contribution in [2.75, 3.05) is 0 Å². The Labute approximate surface area is 69.2 Å². The molecule has 0 spiro atoms. The van der Waals surface area contributed by atoms with Gasteiger partial charge in [0, 0.05) is 11.6 Å². The molecule has 0 atom stereocenters. The van der Waals surface area contributed by atoms with Crippen molar-refractivity contribution in [3.05, 3.63) is 17.4 Å². The van der Waals surface area contributed by atoms with Crippen molar-refractivity contribution in [2.45, 2.75) is 0 Å². The van der Waals surface area contributed by atoms with Crippen LogP contribution in [0.3, 0.4) is 0 Å². The average Bonchev–Trinajstić information content (AvgIpc) is 2.34. The molecular weight excluding hydrogens is 160 g/mol. The van der Waals surface area contributed by atoms with Crippen LogP contribution in [-0.4, -0.2) is 23.0 Å². The van der Waals surface area contributed by atoms with Crippen LogP contribution in [0.2, 0.25) is 5.15 Å². The van der Waals surface area contributed by atoms with Gasteiger partial charge in [0.25, 0.3) is 0 Å². The maximum atomic E-state index is 5.75. The van der Waals surface area contributed by atoms with Crippen LogP contribution in [0.4, 0.5) is 0 Å². The Morgan fingerprint density at radius 2 is 2.36 bits per heavy atom. The normalized spacial score (nSPS) is 10.6. The van der Waals surface area contributed by atoms with Crippen LogP contribution < -0.4 is 5.59 Å². The van der Waals surface area contributed by atoms with Crippen LogP contribution in [0.5, 0.6) is 0 Å². The zero-order valence-electron chi connectivity index (χ0n) is 5.50.